The molecule has 7 amide bonds. The molecule has 366 valence electrons. The number of aliphatic hydroxyl groups excluding tert-OH is 1. The van der Waals surface area contributed by atoms with Crippen molar-refractivity contribution < 1.29 is 48.2 Å². The number of hydrogen-bond acceptors (Lipinski definition) is 11. The molecule has 6 N–H and O–H groups in total. The second kappa shape index (κ2) is 26.3. The summed E-state index contributed by atoms with van der Waals surface area (Å²) in [5.41, 5.74) is 5.92. The molecule has 0 saturated carbocycles. The van der Waals surface area contributed by atoms with Crippen LogP contribution in [0.5, 0.6) is 0 Å². The number of benzene rings is 1. The lowest BCUT2D eigenvalue weighted by Gasteiger charge is -2.35. The smallest absolute Gasteiger partial charge is 0.248 e. The summed E-state index contributed by atoms with van der Waals surface area (Å²) in [7, 11) is 4.21. The van der Waals surface area contributed by atoms with Crippen LogP contribution in [0, 0.1) is 11.8 Å². The molecule has 18 nitrogen and oxygen atoms in total. The number of ether oxygens (including phenoxy) is 1. The van der Waals surface area contributed by atoms with E-state index >= 15 is 0 Å². The normalized spacial score (nSPS) is 16.3. The van der Waals surface area contributed by atoms with Crippen molar-refractivity contribution in [3.05, 3.63) is 35.9 Å². The Morgan fingerprint density at radius 2 is 1.35 bits per heavy atom. The van der Waals surface area contributed by atoms with Gasteiger partial charge in [0.05, 0.1) is 30.9 Å². The van der Waals surface area contributed by atoms with E-state index in [0.717, 1.165) is 24.2 Å². The number of nitrogens with zero attached hydrogens (tertiary/aromatic N) is 4. The van der Waals surface area contributed by atoms with Crippen molar-refractivity contribution in [3.8, 4) is 0 Å². The number of nitrogens with one attached hydrogen (secondary N) is 3. The van der Waals surface area contributed by atoms with Gasteiger partial charge in [-0.3, -0.25) is 38.4 Å². The van der Waals surface area contributed by atoms with Gasteiger partial charge < -0.3 is 51.1 Å². The number of ketones is 1. The highest BCUT2D eigenvalue weighted by molar-refractivity contribution is 5.98. The summed E-state index contributed by atoms with van der Waals surface area (Å²) in [5, 5.41) is 19.1. The van der Waals surface area contributed by atoms with Gasteiger partial charge in [0.1, 0.15) is 36.0 Å². The Kier molecular flexibility index (Phi) is 22.7. The lowest BCUT2D eigenvalue weighted by Crippen LogP contribution is -2.62. The predicted molar refractivity (Wildman–Crippen MR) is 247 cm³/mol. The van der Waals surface area contributed by atoms with Crippen molar-refractivity contribution in [2.75, 3.05) is 47.4 Å². The number of piperidine rings is 1. The maximum absolute atomic E-state index is 14.5. The topological polar surface area (TPSA) is 241 Å². The van der Waals surface area contributed by atoms with Gasteiger partial charge in [-0.15, -0.1) is 0 Å². The van der Waals surface area contributed by atoms with Crippen molar-refractivity contribution in [1.82, 2.24) is 35.6 Å². The summed E-state index contributed by atoms with van der Waals surface area (Å²) in [6, 6.07) is 1.39. The van der Waals surface area contributed by atoms with Crippen LogP contribution in [0.4, 0.5) is 0 Å². The second-order valence-corrected chi connectivity index (χ2v) is 19.0. The average Bonchev–Trinajstić information content (AvgIpc) is 3.25. The van der Waals surface area contributed by atoms with Gasteiger partial charge in [-0.1, -0.05) is 65.0 Å². The van der Waals surface area contributed by atoms with Crippen LogP contribution in [-0.4, -0.2) is 167 Å². The second-order valence-electron chi connectivity index (χ2n) is 19.0. The quantitative estimate of drug-likeness (QED) is 0.0994. The molecule has 1 aliphatic rings. The Bertz CT molecular complexity index is 1760. The van der Waals surface area contributed by atoms with E-state index in [1.165, 1.54) is 37.9 Å². The van der Waals surface area contributed by atoms with E-state index in [1.54, 1.807) is 76.8 Å². The van der Waals surface area contributed by atoms with Crippen molar-refractivity contribution in [3.63, 3.8) is 0 Å². The molecule has 65 heavy (non-hydrogen) atoms. The molecule has 1 aliphatic heterocycles. The minimum absolute atomic E-state index is 0.0507. The lowest BCUT2D eigenvalue weighted by molar-refractivity contribution is -0.147. The van der Waals surface area contributed by atoms with Gasteiger partial charge in [0.25, 0.3) is 0 Å². The first-order valence-corrected chi connectivity index (χ1v) is 22.9. The van der Waals surface area contributed by atoms with Crippen molar-refractivity contribution in [1.29, 1.82) is 0 Å². The van der Waals surface area contributed by atoms with Gasteiger partial charge in [0, 0.05) is 53.5 Å². The third-order valence-electron chi connectivity index (χ3n) is 11.5. The molecular formula is C47H78N8O10. The number of likely N-dealkylation sites (N-methyl/N-ethyl adjacent to an activating group) is 3. The molecule has 1 heterocycles. The van der Waals surface area contributed by atoms with Crippen molar-refractivity contribution >= 4 is 47.1 Å². The number of carbonyl (C=O) groups excluding carboxylic acids is 8. The van der Waals surface area contributed by atoms with Gasteiger partial charge in [-0.05, 0) is 70.8 Å². The fraction of sp³-hybridized carbons (Fsp3) is 0.702. The molecule has 18 heteroatoms. The first-order valence-electron chi connectivity index (χ1n) is 22.9. The van der Waals surface area contributed by atoms with Crippen LogP contribution < -0.4 is 21.7 Å². The van der Waals surface area contributed by atoms with Gasteiger partial charge >= 0.3 is 0 Å². The molecule has 1 fully saturated rings. The Morgan fingerprint density at radius 1 is 0.785 bits per heavy atom. The molecule has 0 radical (unpaired) electrons. The first-order chi connectivity index (χ1) is 30.3. The Labute approximate surface area is 386 Å². The molecule has 0 bridgehead atoms. The zero-order valence-electron chi connectivity index (χ0n) is 40.8. The third-order valence-corrected chi connectivity index (χ3v) is 11.5. The number of rotatable bonds is 24. The summed E-state index contributed by atoms with van der Waals surface area (Å²) in [6.07, 6.45) is 1.13. The molecule has 1 aromatic carbocycles. The molecule has 0 aromatic heterocycles. The molecule has 0 spiro atoms. The molecule has 1 saturated heterocycles. The summed E-state index contributed by atoms with van der Waals surface area (Å²) in [6.45, 7) is 15.9. The van der Waals surface area contributed by atoms with Crippen molar-refractivity contribution in [2.24, 2.45) is 17.6 Å². The maximum atomic E-state index is 14.5. The van der Waals surface area contributed by atoms with E-state index in [9.17, 15) is 43.5 Å². The SMILES string of the molecule is CCC(=O)C[C@H](NC(=O)[C@H](COC(C)(C)C)NC(=O)[C@H](Cc1ccccc1)N(C)C(=O)[C@@H](NC(=O)[C@H](CC(C)C)N(C)C(=O)CN(C)C(=O)[C@@H](N)C(C)C)[C@@H](C)O)C(=O)N1CCCCC1. The molecule has 7 atom stereocenters. The fourth-order valence-corrected chi connectivity index (χ4v) is 7.21. The maximum Gasteiger partial charge on any atom is 0.248 e. The fourth-order valence-electron chi connectivity index (χ4n) is 7.21. The highest BCUT2D eigenvalue weighted by Crippen LogP contribution is 2.17. The summed E-state index contributed by atoms with van der Waals surface area (Å²) < 4.78 is 5.98. The summed E-state index contributed by atoms with van der Waals surface area (Å²) in [4.78, 5) is 115. The van der Waals surface area contributed by atoms with Crippen LogP contribution in [0.15, 0.2) is 30.3 Å². The van der Waals surface area contributed by atoms with E-state index in [-0.39, 0.29) is 62.4 Å². The third kappa shape index (κ3) is 18.1. The molecule has 0 unspecified atom stereocenters. The van der Waals surface area contributed by atoms with Crippen LogP contribution in [0.3, 0.4) is 0 Å². The number of likely N-dealkylation sites (tertiary alicyclic amines) is 1. The highest BCUT2D eigenvalue weighted by atomic mass is 16.5. The molecular weight excluding hydrogens is 837 g/mol. The molecule has 2 rings (SSSR count). The zero-order chi connectivity index (χ0) is 49.3. The van der Waals surface area contributed by atoms with Crippen LogP contribution >= 0.6 is 0 Å². The summed E-state index contributed by atoms with van der Waals surface area (Å²) in [5.74, 6) is -5.01. The van der Waals surface area contributed by atoms with Gasteiger partial charge in [0.15, 0.2) is 0 Å². The van der Waals surface area contributed by atoms with Gasteiger partial charge in [0.2, 0.25) is 41.4 Å². The molecule has 0 aliphatic carbocycles. The van der Waals surface area contributed by atoms with E-state index < -0.39 is 83.4 Å². The number of amides is 7. The minimum atomic E-state index is -1.59. The standard InChI is InChI=1S/C47H78N8O10/c1-13-33(57)26-34(44(62)55-22-18-15-19-23-55)49-41(59)35(28-65-47(7,8)9)50-42(60)37(25-32-20-16-14-17-21-32)54(12)46(64)40(31(6)56)51-43(61)36(24-29(2)3)53(11)38(58)27-52(10)45(63)39(48)30(4)5/h14,16-17,20-21,29-31,34-37,39-40,56H,13,15,18-19,22-28,48H2,1-12H3,(H,49,59)(H,50,60)(H,51,61)/t31-,34+,35+,36+,37+,39+,40+/m1/s1. The average molecular weight is 915 g/mol. The Balaban J connectivity index is 2.49. The van der Waals surface area contributed by atoms with Crippen LogP contribution in [0.2, 0.25) is 0 Å². The van der Waals surface area contributed by atoms with Gasteiger partial charge in [-0.2, -0.15) is 0 Å². The molecule has 1 aromatic rings. The van der Waals surface area contributed by atoms with E-state index in [0.29, 0.717) is 18.7 Å². The number of hydrogen-bond donors (Lipinski definition) is 5. The largest absolute Gasteiger partial charge is 0.391 e. The van der Waals surface area contributed by atoms with Gasteiger partial charge in [-0.25, -0.2) is 0 Å². The van der Waals surface area contributed by atoms with Crippen LogP contribution in [0.1, 0.15) is 106 Å². The zero-order valence-corrected chi connectivity index (χ0v) is 40.8. The summed E-state index contributed by atoms with van der Waals surface area (Å²) >= 11 is 0. The number of Topliss-reactive ketones (excluding diaryl/α,β-unsaturated/α-hetero) is 1. The van der Waals surface area contributed by atoms with E-state index in [1.807, 2.05) is 13.8 Å². The van der Waals surface area contributed by atoms with E-state index in [2.05, 4.69) is 16.0 Å². The highest BCUT2D eigenvalue weighted by Gasteiger charge is 2.39. The number of aliphatic hydroxyl groups is 1. The van der Waals surface area contributed by atoms with Crippen LogP contribution in [-0.2, 0) is 49.5 Å². The number of nitrogens with two attached hydrogens (primary N) is 1. The predicted octanol–water partition coefficient (Wildman–Crippen LogP) is 1.40. The van der Waals surface area contributed by atoms with Crippen molar-refractivity contribution in [2.45, 2.75) is 155 Å². The van der Waals surface area contributed by atoms with Crippen LogP contribution in [0.25, 0.3) is 0 Å². The lowest BCUT2D eigenvalue weighted by atomic mass is 9.99. The minimum Gasteiger partial charge on any atom is -0.391 e. The van der Waals surface area contributed by atoms with E-state index in [4.69, 9.17) is 10.5 Å². The number of carbonyl (C=O) groups is 8. The first kappa shape index (κ1) is 56.2. The Morgan fingerprint density at radius 3 is 1.88 bits per heavy atom. The monoisotopic (exact) mass is 915 g/mol. The Hall–Kier alpha value is -4.94.